The zero-order valence-electron chi connectivity index (χ0n) is 15.0. The Morgan fingerprint density at radius 1 is 1.00 bits per heavy atom. The van der Waals surface area contributed by atoms with E-state index >= 15 is 0 Å². The fourth-order valence-electron chi connectivity index (χ4n) is 2.88. The second-order valence-electron chi connectivity index (χ2n) is 5.93. The normalized spacial score (nSPS) is 14.5. The van der Waals surface area contributed by atoms with Crippen LogP contribution in [-0.4, -0.2) is 22.2 Å². The molecule has 0 saturated carbocycles. The number of hydrogen-bond donors (Lipinski definition) is 2. The van der Waals surface area contributed by atoms with Crippen LogP contribution in [0.4, 0.5) is 17.1 Å². The Labute approximate surface area is 169 Å². The molecular weight excluding hydrogens is 382 g/mol. The SMILES string of the molecule is N#CC1=Cc2c(c(N)c(N=CC(C#N)C#N)c3nc(C#N)c(C#N)nc23)[NH2+]C1C#N. The highest BCUT2D eigenvalue weighted by Gasteiger charge is 2.32. The number of nitrogens with zero attached hydrogens (tertiary/aromatic N) is 9. The van der Waals surface area contributed by atoms with E-state index < -0.39 is 12.0 Å². The summed E-state index contributed by atoms with van der Waals surface area (Å²) < 4.78 is 0. The number of nitrogen functional groups attached to an aromatic ring is 1. The van der Waals surface area contributed by atoms with E-state index in [0.717, 1.165) is 6.21 Å². The highest BCUT2D eigenvalue weighted by atomic mass is 15.0. The molecule has 138 valence electrons. The highest BCUT2D eigenvalue weighted by Crippen LogP contribution is 2.40. The summed E-state index contributed by atoms with van der Waals surface area (Å²) in [5.74, 6) is -1.15. The molecule has 11 nitrogen and oxygen atoms in total. The van der Waals surface area contributed by atoms with Crippen molar-refractivity contribution < 1.29 is 5.32 Å². The minimum atomic E-state index is -1.15. The Morgan fingerprint density at radius 2 is 1.63 bits per heavy atom. The first-order valence-corrected chi connectivity index (χ1v) is 8.19. The molecule has 1 aromatic heterocycles. The summed E-state index contributed by atoms with van der Waals surface area (Å²) in [6, 6.07) is 10.1. The van der Waals surface area contributed by atoms with Crippen molar-refractivity contribution in [3.8, 4) is 36.4 Å². The number of anilines is 1. The van der Waals surface area contributed by atoms with Gasteiger partial charge in [0, 0.05) is 6.21 Å². The third-order valence-corrected chi connectivity index (χ3v) is 4.29. The number of aliphatic imine (C=N–C) groups is 1. The summed E-state index contributed by atoms with van der Waals surface area (Å²) in [7, 11) is 0. The molecule has 30 heavy (non-hydrogen) atoms. The molecule has 1 aromatic carbocycles. The van der Waals surface area contributed by atoms with Gasteiger partial charge in [0.05, 0.1) is 17.7 Å². The Kier molecular flexibility index (Phi) is 5.01. The zero-order chi connectivity index (χ0) is 21.8. The standard InChI is InChI=1S/C19H7N11/c20-2-9(3-21)8-27-18-15(26)16-11(1-10(4-22)12(5-23)28-16)17-19(18)30-14(7-25)13(6-24)29-17/h1,8-9,12,28H,26H2/p+1. The topological polar surface area (TPSA) is 224 Å². The van der Waals surface area contributed by atoms with Crippen molar-refractivity contribution in [3.05, 3.63) is 22.5 Å². The van der Waals surface area contributed by atoms with Gasteiger partial charge in [-0.2, -0.15) is 31.6 Å². The molecule has 1 unspecified atom stereocenters. The summed E-state index contributed by atoms with van der Waals surface area (Å²) in [6.45, 7) is 0. The van der Waals surface area contributed by atoms with Crippen LogP contribution in [0, 0.1) is 73.9 Å². The van der Waals surface area contributed by atoms with Crippen LogP contribution in [-0.2, 0) is 0 Å². The molecular formula is C19H8N11+. The Bertz CT molecular complexity index is 1390. The molecule has 0 fully saturated rings. The van der Waals surface area contributed by atoms with Crippen LogP contribution in [0.1, 0.15) is 17.0 Å². The van der Waals surface area contributed by atoms with Gasteiger partial charge in [-0.3, -0.25) is 10.3 Å². The van der Waals surface area contributed by atoms with Crippen molar-refractivity contribution in [1.82, 2.24) is 9.97 Å². The number of nitrogens with two attached hydrogens (primary N) is 2. The van der Waals surface area contributed by atoms with Gasteiger partial charge in [0.2, 0.25) is 6.04 Å². The van der Waals surface area contributed by atoms with E-state index in [1.54, 1.807) is 24.3 Å². The van der Waals surface area contributed by atoms with Crippen molar-refractivity contribution in [2.45, 2.75) is 6.04 Å². The maximum Gasteiger partial charge on any atom is 0.213 e. The number of quaternary nitrogens is 1. The van der Waals surface area contributed by atoms with E-state index in [-0.39, 0.29) is 39.4 Å². The molecule has 2 aromatic rings. The van der Waals surface area contributed by atoms with E-state index in [9.17, 15) is 21.0 Å². The summed E-state index contributed by atoms with van der Waals surface area (Å²) in [4.78, 5) is 12.5. The highest BCUT2D eigenvalue weighted by molar-refractivity contribution is 6.06. The van der Waals surface area contributed by atoms with Crippen molar-refractivity contribution in [1.29, 1.82) is 31.6 Å². The number of hydrogen-bond acceptors (Lipinski definition) is 10. The van der Waals surface area contributed by atoms with Gasteiger partial charge in [-0.15, -0.1) is 0 Å². The van der Waals surface area contributed by atoms with E-state index in [4.69, 9.17) is 16.3 Å². The number of aromatic nitrogens is 2. The Balaban J connectivity index is 2.47. The second-order valence-corrected chi connectivity index (χ2v) is 5.93. The van der Waals surface area contributed by atoms with Crippen LogP contribution in [0.15, 0.2) is 10.6 Å². The lowest BCUT2D eigenvalue weighted by Gasteiger charge is -2.19. The van der Waals surface area contributed by atoms with Gasteiger partial charge in [-0.25, -0.2) is 9.97 Å². The van der Waals surface area contributed by atoms with Crippen LogP contribution in [0.25, 0.3) is 17.1 Å². The minimum absolute atomic E-state index is 0.0366. The van der Waals surface area contributed by atoms with Gasteiger partial charge < -0.3 is 5.73 Å². The lowest BCUT2D eigenvalue weighted by Crippen LogP contribution is -2.85. The van der Waals surface area contributed by atoms with Gasteiger partial charge >= 0.3 is 0 Å². The molecule has 1 aliphatic rings. The molecule has 2 heterocycles. The fourth-order valence-corrected chi connectivity index (χ4v) is 2.88. The molecule has 0 spiro atoms. The maximum atomic E-state index is 9.36. The van der Waals surface area contributed by atoms with Crippen LogP contribution in [0.5, 0.6) is 0 Å². The van der Waals surface area contributed by atoms with Gasteiger partial charge in [0.15, 0.2) is 23.0 Å². The third-order valence-electron chi connectivity index (χ3n) is 4.29. The summed E-state index contributed by atoms with van der Waals surface area (Å²) >= 11 is 0. The minimum Gasteiger partial charge on any atom is -0.392 e. The Morgan fingerprint density at radius 3 is 2.17 bits per heavy atom. The molecule has 1 atom stereocenters. The quantitative estimate of drug-likeness (QED) is 0.531. The summed E-state index contributed by atoms with van der Waals surface area (Å²) in [5, 5.41) is 56.7. The second kappa shape index (κ2) is 7.73. The van der Waals surface area contributed by atoms with Gasteiger partial charge in [0.1, 0.15) is 52.3 Å². The number of fused-ring (bicyclic) bond motifs is 3. The Hall–Kier alpha value is -5.33. The van der Waals surface area contributed by atoms with Crippen LogP contribution in [0.2, 0.25) is 0 Å². The maximum absolute atomic E-state index is 9.36. The molecule has 11 heteroatoms. The van der Waals surface area contributed by atoms with Crippen LogP contribution < -0.4 is 11.1 Å². The average molecular weight is 390 g/mol. The van der Waals surface area contributed by atoms with Crippen LogP contribution in [0.3, 0.4) is 0 Å². The molecule has 0 amide bonds. The summed E-state index contributed by atoms with van der Waals surface area (Å²) in [5.41, 5.74) is 6.95. The first kappa shape index (κ1) is 19.4. The van der Waals surface area contributed by atoms with E-state index in [2.05, 4.69) is 15.0 Å². The number of nitriles is 6. The van der Waals surface area contributed by atoms with E-state index in [0.29, 0.717) is 11.3 Å². The van der Waals surface area contributed by atoms with Crippen molar-refractivity contribution >= 4 is 40.4 Å². The van der Waals surface area contributed by atoms with E-state index in [1.807, 2.05) is 12.1 Å². The predicted octanol–water partition coefficient (Wildman–Crippen LogP) is 0.329. The first-order valence-electron chi connectivity index (χ1n) is 8.19. The van der Waals surface area contributed by atoms with Crippen molar-refractivity contribution in [3.63, 3.8) is 0 Å². The molecule has 0 bridgehead atoms. The average Bonchev–Trinajstić information content (AvgIpc) is 2.79. The first-order chi connectivity index (χ1) is 14.5. The third kappa shape index (κ3) is 2.99. The van der Waals surface area contributed by atoms with E-state index in [1.165, 1.54) is 11.4 Å². The number of rotatable bonds is 2. The lowest BCUT2D eigenvalue weighted by atomic mass is 9.96. The van der Waals surface area contributed by atoms with Crippen LogP contribution >= 0.6 is 0 Å². The van der Waals surface area contributed by atoms with Gasteiger partial charge in [-0.05, 0) is 6.08 Å². The fraction of sp³-hybridized carbons (Fsp3) is 0.105. The zero-order valence-corrected chi connectivity index (χ0v) is 15.0. The molecule has 4 N–H and O–H groups in total. The molecule has 3 rings (SSSR count). The predicted molar refractivity (Wildman–Crippen MR) is 101 cm³/mol. The monoisotopic (exact) mass is 390 g/mol. The largest absolute Gasteiger partial charge is 0.392 e. The lowest BCUT2D eigenvalue weighted by molar-refractivity contribution is -0.587. The molecule has 0 aliphatic carbocycles. The smallest absolute Gasteiger partial charge is 0.213 e. The van der Waals surface area contributed by atoms with Gasteiger partial charge in [-0.1, -0.05) is 0 Å². The van der Waals surface area contributed by atoms with Crippen molar-refractivity contribution in [2.75, 3.05) is 5.73 Å². The van der Waals surface area contributed by atoms with Gasteiger partial charge in [0.25, 0.3) is 0 Å². The summed E-state index contributed by atoms with van der Waals surface area (Å²) in [6.07, 6.45) is 2.51. The number of benzene rings is 1. The van der Waals surface area contributed by atoms with Crippen molar-refractivity contribution in [2.24, 2.45) is 10.9 Å². The molecule has 0 radical (unpaired) electrons. The molecule has 0 saturated heterocycles. The molecule has 1 aliphatic heterocycles.